The summed E-state index contributed by atoms with van der Waals surface area (Å²) in [5.41, 5.74) is 9.16. The molecule has 0 fully saturated rings. The number of aromatic nitrogens is 2. The number of benzene rings is 1. The molecule has 0 radical (unpaired) electrons. The molecule has 17 heavy (non-hydrogen) atoms. The molecule has 2 N–H and O–H groups in total. The van der Waals surface area contributed by atoms with E-state index in [-0.39, 0.29) is 5.82 Å². The Morgan fingerprint density at radius 3 is 2.53 bits per heavy atom. The minimum absolute atomic E-state index is 0.261. The molecule has 1 heterocycles. The molecule has 0 aliphatic heterocycles. The maximum absolute atomic E-state index is 14.0. The fraction of sp³-hybridized carbons (Fsp3) is 0.333. The largest absolute Gasteiger partial charge is 0.319 e. The Hall–Kier alpha value is -1.33. The molecule has 2 rings (SSSR count). The summed E-state index contributed by atoms with van der Waals surface area (Å²) in [6.45, 7) is 5.57. The van der Waals surface area contributed by atoms with Crippen LogP contribution in [0.4, 0.5) is 4.39 Å². The molecule has 5 heteroatoms. The Balaban J connectivity index is 2.51. The Kier molecular flexibility index (Phi) is 3.22. The smallest absolute Gasteiger partial charge is 0.128 e. The molecule has 90 valence electrons. The topological polar surface area (TPSA) is 51.8 Å². The number of nitrogens with two attached hydrogens (primary N) is 1. The number of rotatable bonds is 2. The van der Waals surface area contributed by atoms with Gasteiger partial charge in [-0.3, -0.25) is 0 Å². The molecule has 3 nitrogen and oxygen atoms in total. The van der Waals surface area contributed by atoms with Gasteiger partial charge in [-0.2, -0.15) is 0 Å². The monoisotopic (exact) mass is 251 g/mol. The Bertz CT molecular complexity index is 527. The third-order valence-electron chi connectivity index (χ3n) is 2.76. The van der Waals surface area contributed by atoms with Crippen molar-refractivity contribution in [1.82, 2.24) is 9.59 Å². The predicted octanol–water partition coefficient (Wildman–Crippen LogP) is 2.65. The number of aryl methyl sites for hydroxylation is 3. The van der Waals surface area contributed by atoms with Crippen molar-refractivity contribution in [1.29, 1.82) is 0 Å². The lowest BCUT2D eigenvalue weighted by Crippen LogP contribution is -2.15. The van der Waals surface area contributed by atoms with Gasteiger partial charge in [0.05, 0.1) is 16.6 Å². The van der Waals surface area contributed by atoms with Crippen LogP contribution in [0.2, 0.25) is 0 Å². The first kappa shape index (κ1) is 12.1. The predicted molar refractivity (Wildman–Crippen MR) is 66.6 cm³/mol. The van der Waals surface area contributed by atoms with Gasteiger partial charge >= 0.3 is 0 Å². The van der Waals surface area contributed by atoms with Crippen LogP contribution in [0.15, 0.2) is 12.1 Å². The van der Waals surface area contributed by atoms with Gasteiger partial charge in [0.2, 0.25) is 0 Å². The highest BCUT2D eigenvalue weighted by molar-refractivity contribution is 7.05. The summed E-state index contributed by atoms with van der Waals surface area (Å²) in [5.74, 6) is -0.261. The zero-order valence-corrected chi connectivity index (χ0v) is 10.8. The van der Waals surface area contributed by atoms with Crippen molar-refractivity contribution >= 4 is 11.5 Å². The summed E-state index contributed by atoms with van der Waals surface area (Å²) < 4.78 is 17.8. The van der Waals surface area contributed by atoms with Crippen molar-refractivity contribution in [3.05, 3.63) is 45.2 Å². The molecule has 0 spiro atoms. The molecule has 0 saturated heterocycles. The first-order chi connectivity index (χ1) is 8.00. The minimum Gasteiger partial charge on any atom is -0.319 e. The van der Waals surface area contributed by atoms with E-state index in [0.717, 1.165) is 21.7 Å². The first-order valence-electron chi connectivity index (χ1n) is 5.31. The lowest BCUT2D eigenvalue weighted by atomic mass is 9.97. The van der Waals surface area contributed by atoms with Gasteiger partial charge in [-0.1, -0.05) is 10.6 Å². The van der Waals surface area contributed by atoms with Crippen molar-refractivity contribution in [3.63, 3.8) is 0 Å². The van der Waals surface area contributed by atoms with E-state index in [9.17, 15) is 4.39 Å². The summed E-state index contributed by atoms with van der Waals surface area (Å²) >= 11 is 1.22. The van der Waals surface area contributed by atoms with Crippen molar-refractivity contribution in [2.75, 3.05) is 0 Å². The summed E-state index contributed by atoms with van der Waals surface area (Å²) in [7, 11) is 0. The molecule has 2 aromatic rings. The second kappa shape index (κ2) is 4.50. The third-order valence-corrected chi connectivity index (χ3v) is 3.67. The number of hydrogen-bond acceptors (Lipinski definition) is 4. The van der Waals surface area contributed by atoms with Crippen LogP contribution >= 0.6 is 11.5 Å². The molecule has 0 aliphatic carbocycles. The Labute approximate surface area is 104 Å². The van der Waals surface area contributed by atoms with Crippen LogP contribution in [-0.2, 0) is 0 Å². The van der Waals surface area contributed by atoms with E-state index in [1.54, 1.807) is 0 Å². The van der Waals surface area contributed by atoms with Gasteiger partial charge in [-0.15, -0.1) is 5.10 Å². The standard InChI is InChI=1S/C12H14FN3S/c1-6-4-7(2)10(9(13)5-6)11(14)12-8(3)15-16-17-12/h4-5,11H,14H2,1-3H3. The number of nitrogens with zero attached hydrogens (tertiary/aromatic N) is 2. The molecular formula is C12H14FN3S. The maximum Gasteiger partial charge on any atom is 0.128 e. The van der Waals surface area contributed by atoms with Crippen LogP contribution in [0, 0.1) is 26.6 Å². The van der Waals surface area contributed by atoms with E-state index >= 15 is 0 Å². The summed E-state index contributed by atoms with van der Waals surface area (Å²) in [5, 5.41) is 3.91. The van der Waals surface area contributed by atoms with Crippen molar-refractivity contribution < 1.29 is 4.39 Å². The first-order valence-corrected chi connectivity index (χ1v) is 6.09. The van der Waals surface area contributed by atoms with E-state index in [1.165, 1.54) is 17.6 Å². The van der Waals surface area contributed by atoms with Crippen LogP contribution in [0.3, 0.4) is 0 Å². The fourth-order valence-electron chi connectivity index (χ4n) is 1.97. The van der Waals surface area contributed by atoms with Gasteiger partial charge < -0.3 is 5.73 Å². The molecule has 0 amide bonds. The van der Waals surface area contributed by atoms with Gasteiger partial charge in [0, 0.05) is 5.56 Å². The van der Waals surface area contributed by atoms with Gasteiger partial charge in [0.1, 0.15) is 5.82 Å². The van der Waals surface area contributed by atoms with Crippen LogP contribution < -0.4 is 5.73 Å². The lowest BCUT2D eigenvalue weighted by molar-refractivity contribution is 0.597. The Morgan fingerprint density at radius 1 is 1.29 bits per heavy atom. The van der Waals surface area contributed by atoms with Crippen molar-refractivity contribution in [3.8, 4) is 0 Å². The van der Waals surface area contributed by atoms with Crippen molar-refractivity contribution in [2.45, 2.75) is 26.8 Å². The zero-order chi connectivity index (χ0) is 12.6. The van der Waals surface area contributed by atoms with Gasteiger partial charge in [-0.25, -0.2) is 4.39 Å². The highest BCUT2D eigenvalue weighted by Crippen LogP contribution is 2.29. The quantitative estimate of drug-likeness (QED) is 0.892. The van der Waals surface area contributed by atoms with Crippen LogP contribution in [0.1, 0.15) is 33.3 Å². The van der Waals surface area contributed by atoms with Crippen LogP contribution in [0.5, 0.6) is 0 Å². The second-order valence-corrected chi connectivity index (χ2v) is 4.96. The molecule has 1 aromatic heterocycles. The maximum atomic E-state index is 14.0. The number of hydrogen-bond donors (Lipinski definition) is 1. The van der Waals surface area contributed by atoms with E-state index in [4.69, 9.17) is 5.73 Å². The SMILES string of the molecule is Cc1cc(C)c(C(N)c2snnc2C)c(F)c1. The molecular weight excluding hydrogens is 237 g/mol. The van der Waals surface area contributed by atoms with E-state index < -0.39 is 6.04 Å². The summed E-state index contributed by atoms with van der Waals surface area (Å²) in [6.07, 6.45) is 0. The summed E-state index contributed by atoms with van der Waals surface area (Å²) in [6, 6.07) is 2.95. The van der Waals surface area contributed by atoms with Crippen LogP contribution in [-0.4, -0.2) is 9.59 Å². The highest BCUT2D eigenvalue weighted by atomic mass is 32.1. The molecule has 1 aromatic carbocycles. The molecule has 0 aliphatic rings. The second-order valence-electron chi connectivity index (χ2n) is 4.18. The molecule has 0 saturated carbocycles. The number of halogens is 1. The zero-order valence-electron chi connectivity index (χ0n) is 9.99. The van der Waals surface area contributed by atoms with E-state index in [2.05, 4.69) is 9.59 Å². The highest BCUT2D eigenvalue weighted by Gasteiger charge is 2.20. The van der Waals surface area contributed by atoms with Gasteiger partial charge in [0.25, 0.3) is 0 Å². The fourth-order valence-corrected chi connectivity index (χ4v) is 2.63. The molecule has 0 bridgehead atoms. The van der Waals surface area contributed by atoms with E-state index in [0.29, 0.717) is 5.56 Å². The Morgan fingerprint density at radius 2 is 2.00 bits per heavy atom. The normalized spacial score (nSPS) is 12.8. The summed E-state index contributed by atoms with van der Waals surface area (Å²) in [4.78, 5) is 0.816. The lowest BCUT2D eigenvalue weighted by Gasteiger charge is -2.15. The van der Waals surface area contributed by atoms with E-state index in [1.807, 2.05) is 26.8 Å². The van der Waals surface area contributed by atoms with Gasteiger partial charge in [-0.05, 0) is 49.5 Å². The van der Waals surface area contributed by atoms with Crippen molar-refractivity contribution in [2.24, 2.45) is 5.73 Å². The van der Waals surface area contributed by atoms with Crippen LogP contribution in [0.25, 0.3) is 0 Å². The average molecular weight is 251 g/mol. The molecule has 1 unspecified atom stereocenters. The van der Waals surface area contributed by atoms with Gasteiger partial charge in [0.15, 0.2) is 0 Å². The third kappa shape index (κ3) is 2.21. The minimum atomic E-state index is -0.490. The molecule has 1 atom stereocenters. The average Bonchev–Trinajstić information content (AvgIpc) is 2.62.